The molecule has 1 aliphatic heterocycles. The second-order valence-electron chi connectivity index (χ2n) is 8.57. The first-order valence-corrected chi connectivity index (χ1v) is 11.9. The number of aryl methyl sites for hydroxylation is 4. The van der Waals surface area contributed by atoms with Crippen LogP contribution in [0.4, 0.5) is 0 Å². The molecule has 30 heavy (non-hydrogen) atoms. The van der Waals surface area contributed by atoms with Gasteiger partial charge in [-0.05, 0) is 63.3 Å². The van der Waals surface area contributed by atoms with Crippen molar-refractivity contribution in [2.75, 3.05) is 20.1 Å². The summed E-state index contributed by atoms with van der Waals surface area (Å²) in [5, 5.41) is 0. The highest BCUT2D eigenvalue weighted by atomic mass is 32.2. The van der Waals surface area contributed by atoms with Crippen LogP contribution in [0.1, 0.15) is 40.7 Å². The van der Waals surface area contributed by atoms with E-state index in [1.165, 1.54) is 15.4 Å². The summed E-state index contributed by atoms with van der Waals surface area (Å²) in [5.74, 6) is -0.0372. The van der Waals surface area contributed by atoms with E-state index in [2.05, 4.69) is 32.0 Å². The van der Waals surface area contributed by atoms with Crippen molar-refractivity contribution in [3.8, 4) is 0 Å². The van der Waals surface area contributed by atoms with Gasteiger partial charge in [0, 0.05) is 32.6 Å². The van der Waals surface area contributed by atoms with Crippen molar-refractivity contribution in [1.82, 2.24) is 9.21 Å². The number of amides is 1. The molecule has 5 nitrogen and oxygen atoms in total. The Kier molecular flexibility index (Phi) is 6.68. The van der Waals surface area contributed by atoms with E-state index in [1.54, 1.807) is 11.0 Å². The van der Waals surface area contributed by atoms with Gasteiger partial charge in [-0.3, -0.25) is 4.79 Å². The third-order valence-corrected chi connectivity index (χ3v) is 8.09. The average molecular weight is 429 g/mol. The van der Waals surface area contributed by atoms with Crippen LogP contribution in [0, 0.1) is 33.6 Å². The Labute approximate surface area is 180 Å². The summed E-state index contributed by atoms with van der Waals surface area (Å²) in [7, 11) is -1.69. The van der Waals surface area contributed by atoms with Crippen LogP contribution in [0.3, 0.4) is 0 Å². The fourth-order valence-corrected chi connectivity index (χ4v) is 5.91. The molecule has 0 spiro atoms. The van der Waals surface area contributed by atoms with Gasteiger partial charge in [0.25, 0.3) is 0 Å². The van der Waals surface area contributed by atoms with E-state index in [0.717, 1.165) is 16.7 Å². The smallest absolute Gasteiger partial charge is 0.243 e. The van der Waals surface area contributed by atoms with Crippen molar-refractivity contribution in [2.45, 2.75) is 52.0 Å². The predicted molar refractivity (Wildman–Crippen MR) is 120 cm³/mol. The minimum atomic E-state index is -3.53. The van der Waals surface area contributed by atoms with Crippen molar-refractivity contribution in [1.29, 1.82) is 0 Å². The standard InChI is InChI=1S/C24H32N2O3S/c1-17-6-8-22(19(3)14-17)16-25(5)24(27)21-10-12-26(13-11-21)30(28,29)23-9-7-18(2)15-20(23)4/h6-9,14-15,21H,10-13,16H2,1-5H3. The number of benzene rings is 2. The van der Waals surface area contributed by atoms with E-state index in [9.17, 15) is 13.2 Å². The minimum absolute atomic E-state index is 0.0959. The summed E-state index contributed by atoms with van der Waals surface area (Å²) in [5.41, 5.74) is 5.35. The zero-order valence-electron chi connectivity index (χ0n) is 18.6. The Morgan fingerprint density at radius 3 is 2.10 bits per heavy atom. The van der Waals surface area contributed by atoms with Gasteiger partial charge in [-0.2, -0.15) is 4.31 Å². The molecule has 0 atom stereocenters. The third kappa shape index (κ3) is 4.76. The van der Waals surface area contributed by atoms with E-state index in [1.807, 2.05) is 33.0 Å². The van der Waals surface area contributed by atoms with Crippen LogP contribution in [0.25, 0.3) is 0 Å². The Morgan fingerprint density at radius 1 is 0.967 bits per heavy atom. The van der Waals surface area contributed by atoms with Crippen LogP contribution >= 0.6 is 0 Å². The number of hydrogen-bond acceptors (Lipinski definition) is 3. The predicted octanol–water partition coefficient (Wildman–Crippen LogP) is 3.98. The number of piperidine rings is 1. The average Bonchev–Trinajstić information content (AvgIpc) is 2.69. The molecular weight excluding hydrogens is 396 g/mol. The first-order chi connectivity index (χ1) is 14.1. The van der Waals surface area contributed by atoms with E-state index < -0.39 is 10.0 Å². The molecule has 0 aromatic heterocycles. The molecule has 0 N–H and O–H groups in total. The molecule has 1 aliphatic rings. The second kappa shape index (κ2) is 8.90. The molecule has 2 aromatic carbocycles. The lowest BCUT2D eigenvalue weighted by Crippen LogP contribution is -2.43. The van der Waals surface area contributed by atoms with E-state index >= 15 is 0 Å². The number of carbonyl (C=O) groups excluding carboxylic acids is 1. The fourth-order valence-electron chi connectivity index (χ4n) is 4.24. The number of rotatable bonds is 5. The highest BCUT2D eigenvalue weighted by Gasteiger charge is 2.33. The van der Waals surface area contributed by atoms with Crippen molar-refractivity contribution < 1.29 is 13.2 Å². The van der Waals surface area contributed by atoms with Gasteiger partial charge < -0.3 is 4.90 Å². The van der Waals surface area contributed by atoms with Crippen LogP contribution in [-0.4, -0.2) is 43.7 Å². The molecule has 1 amide bonds. The molecule has 0 bridgehead atoms. The SMILES string of the molecule is Cc1ccc(CN(C)C(=O)C2CCN(S(=O)(=O)c3ccc(C)cc3C)CC2)c(C)c1. The minimum Gasteiger partial charge on any atom is -0.341 e. The molecule has 0 aliphatic carbocycles. The van der Waals surface area contributed by atoms with Crippen LogP contribution in [0.15, 0.2) is 41.3 Å². The van der Waals surface area contributed by atoms with Gasteiger partial charge in [-0.25, -0.2) is 8.42 Å². The molecule has 0 radical (unpaired) electrons. The van der Waals surface area contributed by atoms with Crippen molar-refractivity contribution in [3.05, 3.63) is 64.2 Å². The Morgan fingerprint density at radius 2 is 1.53 bits per heavy atom. The summed E-state index contributed by atoms with van der Waals surface area (Å²) >= 11 is 0. The van der Waals surface area contributed by atoms with Crippen LogP contribution in [0.2, 0.25) is 0 Å². The fraction of sp³-hybridized carbons (Fsp3) is 0.458. The summed E-state index contributed by atoms with van der Waals surface area (Å²) in [6, 6.07) is 11.7. The Balaban J connectivity index is 1.63. The maximum atomic E-state index is 13.1. The molecule has 6 heteroatoms. The van der Waals surface area contributed by atoms with Gasteiger partial charge in [0.05, 0.1) is 4.90 Å². The summed E-state index contributed by atoms with van der Waals surface area (Å²) < 4.78 is 27.7. The largest absolute Gasteiger partial charge is 0.341 e. The van der Waals surface area contributed by atoms with E-state index in [-0.39, 0.29) is 11.8 Å². The summed E-state index contributed by atoms with van der Waals surface area (Å²) in [6.07, 6.45) is 1.11. The Bertz CT molecular complexity index is 1040. The lowest BCUT2D eigenvalue weighted by molar-refractivity contribution is -0.135. The molecule has 1 fully saturated rings. The molecule has 1 saturated heterocycles. The summed E-state index contributed by atoms with van der Waals surface area (Å²) in [6.45, 7) is 9.24. The van der Waals surface area contributed by atoms with E-state index in [0.29, 0.717) is 37.4 Å². The lowest BCUT2D eigenvalue weighted by atomic mass is 9.96. The van der Waals surface area contributed by atoms with Crippen LogP contribution in [0.5, 0.6) is 0 Å². The maximum absolute atomic E-state index is 13.1. The third-order valence-electron chi connectivity index (χ3n) is 6.03. The molecule has 3 rings (SSSR count). The van der Waals surface area contributed by atoms with Gasteiger partial charge in [0.15, 0.2) is 0 Å². The molecule has 0 unspecified atom stereocenters. The van der Waals surface area contributed by atoms with Crippen molar-refractivity contribution >= 4 is 15.9 Å². The van der Waals surface area contributed by atoms with Crippen molar-refractivity contribution in [2.24, 2.45) is 5.92 Å². The highest BCUT2D eigenvalue weighted by molar-refractivity contribution is 7.89. The molecule has 0 saturated carbocycles. The zero-order chi connectivity index (χ0) is 22.1. The maximum Gasteiger partial charge on any atom is 0.243 e. The number of carbonyl (C=O) groups is 1. The van der Waals surface area contributed by atoms with Crippen molar-refractivity contribution in [3.63, 3.8) is 0 Å². The number of hydrogen-bond donors (Lipinski definition) is 0. The van der Waals surface area contributed by atoms with Gasteiger partial charge in [-0.1, -0.05) is 41.5 Å². The van der Waals surface area contributed by atoms with E-state index in [4.69, 9.17) is 0 Å². The number of sulfonamides is 1. The van der Waals surface area contributed by atoms with Crippen LogP contribution < -0.4 is 0 Å². The molecule has 1 heterocycles. The Hall–Kier alpha value is -2.18. The second-order valence-corrected chi connectivity index (χ2v) is 10.5. The van der Waals surface area contributed by atoms with Gasteiger partial charge in [0.2, 0.25) is 15.9 Å². The first kappa shape index (κ1) is 22.5. The summed E-state index contributed by atoms with van der Waals surface area (Å²) in [4.78, 5) is 15.1. The number of nitrogens with zero attached hydrogens (tertiary/aromatic N) is 2. The van der Waals surface area contributed by atoms with Gasteiger partial charge in [-0.15, -0.1) is 0 Å². The lowest BCUT2D eigenvalue weighted by Gasteiger charge is -2.33. The van der Waals surface area contributed by atoms with Crippen LogP contribution in [-0.2, 0) is 21.4 Å². The molecule has 162 valence electrons. The zero-order valence-corrected chi connectivity index (χ0v) is 19.4. The first-order valence-electron chi connectivity index (χ1n) is 10.5. The molecule has 2 aromatic rings. The van der Waals surface area contributed by atoms with Gasteiger partial charge in [0.1, 0.15) is 0 Å². The highest BCUT2D eigenvalue weighted by Crippen LogP contribution is 2.27. The van der Waals surface area contributed by atoms with Gasteiger partial charge >= 0.3 is 0 Å². The molecular formula is C24H32N2O3S. The monoisotopic (exact) mass is 428 g/mol. The quantitative estimate of drug-likeness (QED) is 0.724. The normalized spacial score (nSPS) is 15.9. The topological polar surface area (TPSA) is 57.7 Å².